The number of hydrogen-bond donors (Lipinski definition) is 1. The Balaban J connectivity index is 1.67. The summed E-state index contributed by atoms with van der Waals surface area (Å²) in [5.41, 5.74) is 0.00591. The largest absolute Gasteiger partial charge is 0.497 e. The standard InChI is InChI=1S/C30H40ClN3O4/c1-5-30(2,29(36)32-24-17-25(37-3)19-26(18-24)38-4)34(28(35)21-11-13-23(31)14-12-21)20-22-9-8-16-33-15-7-6-10-27(22)33/h11-14,17-19,22,27H,5-10,15-16,20H2,1-4H3,(H,32,36). The zero-order valence-electron chi connectivity index (χ0n) is 23.0. The Morgan fingerprint density at radius 1 is 1.03 bits per heavy atom. The number of rotatable bonds is 9. The minimum atomic E-state index is -1.08. The normalized spacial score (nSPS) is 21.1. The molecule has 2 aliphatic rings. The molecule has 2 saturated heterocycles. The molecule has 0 aliphatic carbocycles. The predicted molar refractivity (Wildman–Crippen MR) is 151 cm³/mol. The number of carbonyl (C=O) groups is 2. The molecule has 0 bridgehead atoms. The van der Waals surface area contributed by atoms with Gasteiger partial charge < -0.3 is 24.6 Å². The fraction of sp³-hybridized carbons (Fsp3) is 0.533. The fourth-order valence-electron chi connectivity index (χ4n) is 5.90. The average molecular weight is 542 g/mol. The first kappa shape index (κ1) is 28.2. The van der Waals surface area contributed by atoms with Crippen LogP contribution in [0.15, 0.2) is 42.5 Å². The summed E-state index contributed by atoms with van der Waals surface area (Å²) in [5, 5.41) is 3.62. The second-order valence-corrected chi connectivity index (χ2v) is 11.0. The van der Waals surface area contributed by atoms with Gasteiger partial charge in [0.2, 0.25) is 5.91 Å². The van der Waals surface area contributed by atoms with Crippen molar-refractivity contribution in [2.24, 2.45) is 5.92 Å². The Kier molecular flexibility index (Phi) is 9.21. The van der Waals surface area contributed by atoms with Crippen molar-refractivity contribution in [3.8, 4) is 11.5 Å². The number of methoxy groups -OCH3 is 2. The van der Waals surface area contributed by atoms with Gasteiger partial charge in [-0.3, -0.25) is 9.59 Å². The van der Waals surface area contributed by atoms with Crippen molar-refractivity contribution in [2.75, 3.05) is 39.2 Å². The molecular weight excluding hydrogens is 502 g/mol. The van der Waals surface area contributed by atoms with Gasteiger partial charge in [-0.25, -0.2) is 0 Å². The molecule has 0 radical (unpaired) electrons. The van der Waals surface area contributed by atoms with Crippen LogP contribution in [0.2, 0.25) is 5.02 Å². The lowest BCUT2D eigenvalue weighted by Gasteiger charge is -2.48. The van der Waals surface area contributed by atoms with E-state index in [9.17, 15) is 9.59 Å². The number of nitrogens with zero attached hydrogens (tertiary/aromatic N) is 2. The van der Waals surface area contributed by atoms with Crippen LogP contribution in [0, 0.1) is 5.92 Å². The monoisotopic (exact) mass is 541 g/mol. The van der Waals surface area contributed by atoms with E-state index < -0.39 is 5.54 Å². The van der Waals surface area contributed by atoms with E-state index in [2.05, 4.69) is 10.2 Å². The molecule has 0 aromatic heterocycles. The molecule has 3 atom stereocenters. The van der Waals surface area contributed by atoms with Crippen LogP contribution in [0.5, 0.6) is 11.5 Å². The molecule has 2 aromatic carbocycles. The molecule has 2 heterocycles. The van der Waals surface area contributed by atoms with Crippen LogP contribution in [0.4, 0.5) is 5.69 Å². The summed E-state index contributed by atoms with van der Waals surface area (Å²) >= 11 is 6.12. The van der Waals surface area contributed by atoms with Gasteiger partial charge in [-0.1, -0.05) is 24.9 Å². The molecule has 2 fully saturated rings. The molecule has 4 rings (SSSR count). The SMILES string of the molecule is CCC(C)(C(=O)Nc1cc(OC)cc(OC)c1)N(CC1CCCN2CCCCC12)C(=O)c1ccc(Cl)cc1. The predicted octanol–water partition coefficient (Wildman–Crippen LogP) is 5.87. The zero-order valence-corrected chi connectivity index (χ0v) is 23.7. The summed E-state index contributed by atoms with van der Waals surface area (Å²) in [6, 6.07) is 12.6. The molecule has 2 aromatic rings. The van der Waals surface area contributed by atoms with E-state index in [4.69, 9.17) is 21.1 Å². The molecule has 3 unspecified atom stereocenters. The molecule has 2 aliphatic heterocycles. The average Bonchev–Trinajstić information content (AvgIpc) is 2.95. The highest BCUT2D eigenvalue weighted by atomic mass is 35.5. The number of piperidine rings is 2. The van der Waals surface area contributed by atoms with Crippen molar-refractivity contribution in [3.05, 3.63) is 53.1 Å². The molecule has 7 nitrogen and oxygen atoms in total. The number of nitrogens with one attached hydrogen (secondary N) is 1. The number of fused-ring (bicyclic) bond motifs is 1. The van der Waals surface area contributed by atoms with Gasteiger partial charge in [0.25, 0.3) is 5.91 Å². The van der Waals surface area contributed by atoms with E-state index in [0.29, 0.717) is 52.7 Å². The molecule has 8 heteroatoms. The number of amides is 2. The van der Waals surface area contributed by atoms with Gasteiger partial charge in [0.05, 0.1) is 14.2 Å². The Bertz CT molecular complexity index is 1100. The minimum absolute atomic E-state index is 0.155. The first-order valence-electron chi connectivity index (χ1n) is 13.6. The van der Waals surface area contributed by atoms with E-state index in [1.54, 1.807) is 56.7 Å². The van der Waals surface area contributed by atoms with Gasteiger partial charge in [0.1, 0.15) is 17.0 Å². The van der Waals surface area contributed by atoms with Crippen LogP contribution in [0.3, 0.4) is 0 Å². The van der Waals surface area contributed by atoms with Crippen LogP contribution in [-0.4, -0.2) is 67.0 Å². The maximum absolute atomic E-state index is 14.1. The van der Waals surface area contributed by atoms with Crippen LogP contribution in [-0.2, 0) is 4.79 Å². The van der Waals surface area contributed by atoms with E-state index in [1.807, 2.05) is 18.7 Å². The van der Waals surface area contributed by atoms with Gasteiger partial charge in [-0.2, -0.15) is 0 Å². The molecule has 1 N–H and O–H groups in total. The molecule has 38 heavy (non-hydrogen) atoms. The fourth-order valence-corrected chi connectivity index (χ4v) is 6.03. The van der Waals surface area contributed by atoms with Gasteiger partial charge in [0.15, 0.2) is 0 Å². The van der Waals surface area contributed by atoms with E-state index in [1.165, 1.54) is 12.8 Å². The smallest absolute Gasteiger partial charge is 0.254 e. The quantitative estimate of drug-likeness (QED) is 0.430. The van der Waals surface area contributed by atoms with Gasteiger partial charge in [-0.05, 0) is 82.3 Å². The van der Waals surface area contributed by atoms with Crippen molar-refractivity contribution in [1.82, 2.24) is 9.80 Å². The Morgan fingerprint density at radius 2 is 1.68 bits per heavy atom. The van der Waals surface area contributed by atoms with Crippen molar-refractivity contribution in [2.45, 2.75) is 64.0 Å². The highest BCUT2D eigenvalue weighted by molar-refractivity contribution is 6.30. The van der Waals surface area contributed by atoms with Crippen molar-refractivity contribution >= 4 is 29.1 Å². The highest BCUT2D eigenvalue weighted by Crippen LogP contribution is 2.35. The van der Waals surface area contributed by atoms with Crippen molar-refractivity contribution in [1.29, 1.82) is 0 Å². The van der Waals surface area contributed by atoms with Gasteiger partial charge >= 0.3 is 0 Å². The van der Waals surface area contributed by atoms with Crippen LogP contribution in [0.25, 0.3) is 0 Å². The molecule has 206 valence electrons. The van der Waals surface area contributed by atoms with Crippen molar-refractivity contribution in [3.63, 3.8) is 0 Å². The summed E-state index contributed by atoms with van der Waals surface area (Å²) < 4.78 is 10.8. The van der Waals surface area contributed by atoms with Gasteiger partial charge in [0, 0.05) is 47.1 Å². The maximum atomic E-state index is 14.1. The third-order valence-corrected chi connectivity index (χ3v) is 8.62. The maximum Gasteiger partial charge on any atom is 0.254 e. The Labute approximate surface area is 231 Å². The minimum Gasteiger partial charge on any atom is -0.497 e. The summed E-state index contributed by atoms with van der Waals surface area (Å²) in [7, 11) is 3.14. The van der Waals surface area contributed by atoms with Crippen molar-refractivity contribution < 1.29 is 19.1 Å². The summed E-state index contributed by atoms with van der Waals surface area (Å²) in [5.74, 6) is 1.07. The summed E-state index contributed by atoms with van der Waals surface area (Å²) in [4.78, 5) is 32.5. The third kappa shape index (κ3) is 6.10. The Morgan fingerprint density at radius 3 is 2.32 bits per heavy atom. The van der Waals surface area contributed by atoms with E-state index >= 15 is 0 Å². The lowest BCUT2D eigenvalue weighted by molar-refractivity contribution is -0.126. The number of carbonyl (C=O) groups excluding carboxylic acids is 2. The highest BCUT2D eigenvalue weighted by Gasteiger charge is 2.44. The number of hydrogen-bond acceptors (Lipinski definition) is 5. The molecule has 0 saturated carbocycles. The lowest BCUT2D eigenvalue weighted by Crippen LogP contribution is -2.60. The van der Waals surface area contributed by atoms with E-state index in [0.717, 1.165) is 32.4 Å². The molecule has 0 spiro atoms. The molecule has 2 amide bonds. The van der Waals surface area contributed by atoms with Crippen LogP contribution in [0.1, 0.15) is 62.7 Å². The zero-order chi connectivity index (χ0) is 27.3. The van der Waals surface area contributed by atoms with Crippen LogP contribution >= 0.6 is 11.6 Å². The number of anilines is 1. The number of ether oxygens (including phenoxy) is 2. The Hall–Kier alpha value is -2.77. The second-order valence-electron chi connectivity index (χ2n) is 10.6. The van der Waals surface area contributed by atoms with E-state index in [-0.39, 0.29) is 11.8 Å². The number of halogens is 1. The topological polar surface area (TPSA) is 71.1 Å². The molecular formula is C30H40ClN3O4. The lowest BCUT2D eigenvalue weighted by atomic mass is 9.81. The summed E-state index contributed by atoms with van der Waals surface area (Å²) in [6.07, 6.45) is 6.22. The first-order chi connectivity index (χ1) is 18.3. The summed E-state index contributed by atoms with van der Waals surface area (Å²) in [6.45, 7) is 6.60. The number of benzene rings is 2. The third-order valence-electron chi connectivity index (χ3n) is 8.36. The second kappa shape index (κ2) is 12.4. The van der Waals surface area contributed by atoms with Crippen LogP contribution < -0.4 is 14.8 Å². The first-order valence-corrected chi connectivity index (χ1v) is 14.0. The van der Waals surface area contributed by atoms with Gasteiger partial charge in [-0.15, -0.1) is 0 Å².